The molecule has 0 aliphatic carbocycles. The van der Waals surface area contributed by atoms with Crippen molar-refractivity contribution >= 4 is 52.3 Å². The van der Waals surface area contributed by atoms with Crippen LogP contribution in [-0.2, 0) is 13.6 Å². The van der Waals surface area contributed by atoms with Crippen LogP contribution in [0, 0.1) is 10.1 Å². The minimum atomic E-state index is -3.96. The van der Waals surface area contributed by atoms with Gasteiger partial charge >= 0.3 is 7.60 Å². The van der Waals surface area contributed by atoms with E-state index in [9.17, 15) is 14.7 Å². The van der Waals surface area contributed by atoms with Gasteiger partial charge < -0.3 is 9.05 Å². The first-order chi connectivity index (χ1) is 14.0. The first-order valence-corrected chi connectivity index (χ1v) is 11.7. The van der Waals surface area contributed by atoms with E-state index in [4.69, 9.17) is 32.2 Å². The smallest absolute Gasteiger partial charge is 0.307 e. The van der Waals surface area contributed by atoms with Crippen LogP contribution in [0.15, 0.2) is 54.6 Å². The number of hydrogen-bond acceptors (Lipinski definition) is 5. The van der Waals surface area contributed by atoms with Crippen LogP contribution in [0.4, 0.5) is 0 Å². The lowest BCUT2D eigenvalue weighted by Crippen LogP contribution is -2.18. The average molecular weight is 456 g/mol. The van der Waals surface area contributed by atoms with Gasteiger partial charge in [0.25, 0.3) is 0 Å². The Morgan fingerprint density at radius 2 is 1.41 bits per heavy atom. The van der Waals surface area contributed by atoms with E-state index in [2.05, 4.69) is 0 Å². The van der Waals surface area contributed by atoms with Gasteiger partial charge in [-0.05, 0) is 33.2 Å². The summed E-state index contributed by atoms with van der Waals surface area (Å²) in [6.45, 7) is -0.726. The highest BCUT2D eigenvalue weighted by atomic mass is 35.5. The van der Waals surface area contributed by atoms with Crippen molar-refractivity contribution in [3.05, 3.63) is 70.3 Å². The molecule has 6 nitrogen and oxygen atoms in total. The lowest BCUT2D eigenvalue weighted by molar-refractivity contribution is -0.480. The fourth-order valence-corrected chi connectivity index (χ4v) is 5.86. The standard InChI is InChI=1S/C20H20Cl2NO5P/c21-9-11-27-29(26,28-12-10-22)19(14-23(24)25)20-17-7-3-1-5-15(17)13-16-6-2-4-8-18(16)20/h1-8,13,19H,9-12,14H2. The molecule has 3 rings (SSSR count). The largest absolute Gasteiger partial charge is 0.344 e. The predicted octanol–water partition coefficient (Wildman–Crippen LogP) is 6.01. The molecule has 0 spiro atoms. The molecule has 0 fully saturated rings. The second-order valence-electron chi connectivity index (χ2n) is 6.35. The van der Waals surface area contributed by atoms with E-state index in [-0.39, 0.29) is 25.0 Å². The Bertz CT molecular complexity index is 995. The number of benzene rings is 3. The van der Waals surface area contributed by atoms with Gasteiger partial charge in [0.05, 0.1) is 13.2 Å². The van der Waals surface area contributed by atoms with Gasteiger partial charge in [-0.2, -0.15) is 0 Å². The van der Waals surface area contributed by atoms with E-state index >= 15 is 0 Å². The third kappa shape index (κ3) is 4.90. The zero-order valence-corrected chi connectivity index (χ0v) is 17.9. The van der Waals surface area contributed by atoms with Crippen molar-refractivity contribution in [1.29, 1.82) is 0 Å². The minimum absolute atomic E-state index is 0.0575. The minimum Gasteiger partial charge on any atom is -0.307 e. The maximum Gasteiger partial charge on any atom is 0.344 e. The highest BCUT2D eigenvalue weighted by molar-refractivity contribution is 7.54. The Hall–Kier alpha value is -1.69. The van der Waals surface area contributed by atoms with E-state index in [1.807, 2.05) is 54.6 Å². The summed E-state index contributed by atoms with van der Waals surface area (Å²) in [5.41, 5.74) is -0.539. The highest BCUT2D eigenvalue weighted by Crippen LogP contribution is 2.62. The summed E-state index contributed by atoms with van der Waals surface area (Å²) < 4.78 is 24.9. The summed E-state index contributed by atoms with van der Waals surface area (Å²) in [7, 11) is -3.96. The Morgan fingerprint density at radius 3 is 1.86 bits per heavy atom. The maximum atomic E-state index is 13.8. The van der Waals surface area contributed by atoms with Gasteiger partial charge in [-0.3, -0.25) is 14.7 Å². The van der Waals surface area contributed by atoms with Gasteiger partial charge in [0, 0.05) is 16.7 Å². The molecule has 0 aliphatic rings. The first kappa shape index (κ1) is 22.0. The fraction of sp³-hybridized carbons (Fsp3) is 0.300. The summed E-state index contributed by atoms with van der Waals surface area (Å²) in [6, 6.07) is 17.0. The van der Waals surface area contributed by atoms with Crippen LogP contribution in [0.5, 0.6) is 0 Å². The summed E-state index contributed by atoms with van der Waals surface area (Å²) in [5.74, 6) is 0.158. The van der Waals surface area contributed by atoms with Crippen molar-refractivity contribution in [3.8, 4) is 0 Å². The third-order valence-electron chi connectivity index (χ3n) is 4.55. The second kappa shape index (κ2) is 9.88. The molecule has 0 aliphatic heterocycles. The number of fused-ring (bicyclic) bond motifs is 2. The molecule has 29 heavy (non-hydrogen) atoms. The summed E-state index contributed by atoms with van der Waals surface area (Å²) in [5, 5.41) is 14.9. The van der Waals surface area contributed by atoms with E-state index in [0.717, 1.165) is 21.5 Å². The molecule has 0 aromatic heterocycles. The van der Waals surface area contributed by atoms with Crippen molar-refractivity contribution in [1.82, 2.24) is 0 Å². The number of rotatable bonds is 10. The normalized spacial score (nSPS) is 13.0. The third-order valence-corrected chi connectivity index (χ3v) is 7.13. The lowest BCUT2D eigenvalue weighted by atomic mass is 9.94. The fourth-order valence-electron chi connectivity index (χ4n) is 3.44. The molecule has 0 amide bonds. The summed E-state index contributed by atoms with van der Waals surface area (Å²) in [4.78, 5) is 11.1. The van der Waals surface area contributed by atoms with Crippen molar-refractivity contribution in [2.45, 2.75) is 5.66 Å². The average Bonchev–Trinajstić information content (AvgIpc) is 2.73. The summed E-state index contributed by atoms with van der Waals surface area (Å²) >= 11 is 11.5. The zero-order chi connectivity index (χ0) is 20.9. The van der Waals surface area contributed by atoms with E-state index in [1.165, 1.54) is 0 Å². The van der Waals surface area contributed by atoms with Crippen LogP contribution in [0.2, 0.25) is 0 Å². The summed E-state index contributed by atoms with van der Waals surface area (Å²) in [6.07, 6.45) is 0. The Kier molecular flexibility index (Phi) is 7.49. The van der Waals surface area contributed by atoms with Crippen LogP contribution in [0.1, 0.15) is 11.2 Å². The highest BCUT2D eigenvalue weighted by Gasteiger charge is 2.42. The van der Waals surface area contributed by atoms with Crippen LogP contribution in [-0.4, -0.2) is 36.4 Å². The molecular formula is C20H20Cl2NO5P. The molecule has 0 N–H and O–H groups in total. The predicted molar refractivity (Wildman–Crippen MR) is 117 cm³/mol. The monoisotopic (exact) mass is 455 g/mol. The van der Waals surface area contributed by atoms with Gasteiger partial charge in [0.1, 0.15) is 0 Å². The molecule has 9 heteroatoms. The van der Waals surface area contributed by atoms with Crippen molar-refractivity contribution in [3.63, 3.8) is 0 Å². The molecule has 0 saturated carbocycles. The number of alkyl halides is 2. The molecule has 0 radical (unpaired) electrons. The van der Waals surface area contributed by atoms with Gasteiger partial charge in [0.15, 0.2) is 5.66 Å². The molecule has 154 valence electrons. The molecule has 3 aromatic carbocycles. The van der Waals surface area contributed by atoms with Crippen LogP contribution in [0.25, 0.3) is 21.5 Å². The number of nitrogens with zero attached hydrogens (tertiary/aromatic N) is 1. The molecule has 0 bridgehead atoms. The maximum absolute atomic E-state index is 13.8. The van der Waals surface area contributed by atoms with Crippen LogP contribution < -0.4 is 0 Å². The molecule has 1 unspecified atom stereocenters. The lowest BCUT2D eigenvalue weighted by Gasteiger charge is -2.26. The molecular weight excluding hydrogens is 436 g/mol. The zero-order valence-electron chi connectivity index (χ0n) is 15.5. The number of nitro groups is 1. The van der Waals surface area contributed by atoms with Crippen molar-refractivity contribution < 1.29 is 18.5 Å². The molecule has 0 heterocycles. The molecule has 0 saturated heterocycles. The second-order valence-corrected chi connectivity index (χ2v) is 9.32. The molecule has 1 atom stereocenters. The van der Waals surface area contributed by atoms with Crippen molar-refractivity contribution in [2.24, 2.45) is 0 Å². The van der Waals surface area contributed by atoms with E-state index in [0.29, 0.717) is 5.56 Å². The van der Waals surface area contributed by atoms with Crippen LogP contribution >= 0.6 is 30.8 Å². The van der Waals surface area contributed by atoms with Gasteiger partial charge in [-0.15, -0.1) is 23.2 Å². The molecule has 3 aromatic rings. The van der Waals surface area contributed by atoms with E-state index < -0.39 is 24.7 Å². The Balaban J connectivity index is 2.31. The van der Waals surface area contributed by atoms with Gasteiger partial charge in [-0.25, -0.2) is 0 Å². The van der Waals surface area contributed by atoms with Gasteiger partial charge in [0.2, 0.25) is 6.54 Å². The Morgan fingerprint density at radius 1 is 0.931 bits per heavy atom. The quantitative estimate of drug-likeness (QED) is 0.123. The SMILES string of the molecule is O=[N+]([O-])CC(c1c2ccccc2cc2ccccc12)P(=O)(OCCCl)OCCCl. The van der Waals surface area contributed by atoms with Gasteiger partial charge in [-0.1, -0.05) is 48.5 Å². The number of halogens is 2. The number of hydrogen-bond donors (Lipinski definition) is 0. The van der Waals surface area contributed by atoms with Crippen molar-refractivity contribution in [2.75, 3.05) is 31.5 Å². The van der Waals surface area contributed by atoms with E-state index in [1.54, 1.807) is 0 Å². The topological polar surface area (TPSA) is 78.7 Å². The Labute approximate surface area is 178 Å². The first-order valence-electron chi connectivity index (χ1n) is 9.03. The van der Waals surface area contributed by atoms with Crippen LogP contribution in [0.3, 0.4) is 0 Å².